The van der Waals surface area contributed by atoms with Crippen LogP contribution in [0.25, 0.3) is 0 Å². The molecule has 0 unspecified atom stereocenters. The lowest BCUT2D eigenvalue weighted by molar-refractivity contribution is -0.386. The number of aryl methyl sites for hydroxylation is 2. The number of hydrogen-bond donors (Lipinski definition) is 1. The number of nitro groups is 1. The van der Waals surface area contributed by atoms with Crippen molar-refractivity contribution in [1.29, 1.82) is 0 Å². The van der Waals surface area contributed by atoms with E-state index >= 15 is 0 Å². The summed E-state index contributed by atoms with van der Waals surface area (Å²) in [6.07, 6.45) is 0. The van der Waals surface area contributed by atoms with E-state index in [1.54, 1.807) is 13.0 Å². The van der Waals surface area contributed by atoms with Gasteiger partial charge in [-0.3, -0.25) is 10.1 Å². The summed E-state index contributed by atoms with van der Waals surface area (Å²) < 4.78 is 0. The van der Waals surface area contributed by atoms with Gasteiger partial charge < -0.3 is 5.73 Å². The van der Waals surface area contributed by atoms with Crippen molar-refractivity contribution in [3.05, 3.63) is 32.9 Å². The van der Waals surface area contributed by atoms with E-state index in [9.17, 15) is 10.1 Å². The third-order valence-corrected chi connectivity index (χ3v) is 2.67. The topological polar surface area (TPSA) is 69.2 Å². The molecule has 1 rings (SSSR count). The summed E-state index contributed by atoms with van der Waals surface area (Å²) in [5.74, 6) is 0. The quantitative estimate of drug-likeness (QED) is 0.451. The molecular weight excluding hydrogens is 204 g/mol. The number of anilines is 1. The van der Waals surface area contributed by atoms with E-state index in [2.05, 4.69) is 0 Å². The second-order valence-electron chi connectivity index (χ2n) is 5.15. The fourth-order valence-corrected chi connectivity index (χ4v) is 1.99. The summed E-state index contributed by atoms with van der Waals surface area (Å²) in [6.45, 7) is 9.43. The molecule has 0 atom stereocenters. The first-order chi connectivity index (χ1) is 7.16. The zero-order chi connectivity index (χ0) is 12.7. The van der Waals surface area contributed by atoms with Gasteiger partial charge in [0.25, 0.3) is 5.69 Å². The van der Waals surface area contributed by atoms with Crippen LogP contribution in [0.3, 0.4) is 0 Å². The van der Waals surface area contributed by atoms with E-state index in [0.717, 1.165) is 5.56 Å². The van der Waals surface area contributed by atoms with Crippen LogP contribution in [-0.2, 0) is 5.41 Å². The van der Waals surface area contributed by atoms with Gasteiger partial charge in [0.1, 0.15) is 0 Å². The van der Waals surface area contributed by atoms with E-state index in [4.69, 9.17) is 5.73 Å². The molecule has 0 amide bonds. The van der Waals surface area contributed by atoms with Crippen LogP contribution >= 0.6 is 0 Å². The largest absolute Gasteiger partial charge is 0.398 e. The Hall–Kier alpha value is -1.58. The van der Waals surface area contributed by atoms with Crippen LogP contribution in [0.4, 0.5) is 11.4 Å². The molecule has 16 heavy (non-hydrogen) atoms. The molecule has 0 aromatic heterocycles. The summed E-state index contributed by atoms with van der Waals surface area (Å²) >= 11 is 0. The second kappa shape index (κ2) is 3.77. The summed E-state index contributed by atoms with van der Waals surface area (Å²) in [4.78, 5) is 10.8. The molecule has 0 aliphatic heterocycles. The van der Waals surface area contributed by atoms with Crippen molar-refractivity contribution in [2.24, 2.45) is 0 Å². The highest BCUT2D eigenvalue weighted by Crippen LogP contribution is 2.39. The Morgan fingerprint density at radius 1 is 1.25 bits per heavy atom. The Morgan fingerprint density at radius 2 is 1.75 bits per heavy atom. The van der Waals surface area contributed by atoms with Crippen LogP contribution in [0.2, 0.25) is 0 Å². The maximum Gasteiger partial charge on any atom is 0.278 e. The Kier molecular flexibility index (Phi) is 2.95. The smallest absolute Gasteiger partial charge is 0.278 e. The summed E-state index contributed by atoms with van der Waals surface area (Å²) in [5, 5.41) is 11.1. The third-order valence-electron chi connectivity index (χ3n) is 2.67. The fourth-order valence-electron chi connectivity index (χ4n) is 1.99. The van der Waals surface area contributed by atoms with Gasteiger partial charge in [-0.05, 0) is 30.9 Å². The van der Waals surface area contributed by atoms with Crippen molar-refractivity contribution in [2.75, 3.05) is 5.73 Å². The number of benzene rings is 1. The van der Waals surface area contributed by atoms with Gasteiger partial charge in [-0.1, -0.05) is 20.8 Å². The maximum absolute atomic E-state index is 11.1. The van der Waals surface area contributed by atoms with Crippen molar-refractivity contribution in [3.63, 3.8) is 0 Å². The minimum atomic E-state index is -0.342. The summed E-state index contributed by atoms with van der Waals surface area (Å²) in [6, 6.07) is 1.77. The van der Waals surface area contributed by atoms with Crippen LogP contribution in [0, 0.1) is 24.0 Å². The molecule has 0 saturated heterocycles. The van der Waals surface area contributed by atoms with E-state index in [-0.39, 0.29) is 16.0 Å². The lowest BCUT2D eigenvalue weighted by Crippen LogP contribution is -2.18. The minimum absolute atomic E-state index is 0.149. The van der Waals surface area contributed by atoms with Crippen molar-refractivity contribution < 1.29 is 4.92 Å². The highest BCUT2D eigenvalue weighted by Gasteiger charge is 2.30. The molecule has 4 nitrogen and oxygen atoms in total. The molecule has 0 aliphatic carbocycles. The van der Waals surface area contributed by atoms with Gasteiger partial charge in [0.15, 0.2) is 0 Å². The average molecular weight is 222 g/mol. The minimum Gasteiger partial charge on any atom is -0.398 e. The number of nitrogens with two attached hydrogens (primary N) is 1. The molecular formula is C12H18N2O2. The van der Waals surface area contributed by atoms with Gasteiger partial charge in [-0.25, -0.2) is 0 Å². The molecule has 1 aromatic rings. The van der Waals surface area contributed by atoms with Crippen LogP contribution in [0.5, 0.6) is 0 Å². The molecule has 0 radical (unpaired) electrons. The van der Waals surface area contributed by atoms with Crippen molar-refractivity contribution >= 4 is 11.4 Å². The first-order valence-corrected chi connectivity index (χ1v) is 5.20. The first-order valence-electron chi connectivity index (χ1n) is 5.20. The van der Waals surface area contributed by atoms with Gasteiger partial charge in [-0.15, -0.1) is 0 Å². The van der Waals surface area contributed by atoms with E-state index in [1.165, 1.54) is 0 Å². The van der Waals surface area contributed by atoms with Crippen LogP contribution in [0.1, 0.15) is 37.5 Å². The molecule has 0 fully saturated rings. The second-order valence-corrected chi connectivity index (χ2v) is 5.15. The number of hydrogen-bond acceptors (Lipinski definition) is 3. The van der Waals surface area contributed by atoms with Gasteiger partial charge >= 0.3 is 0 Å². The molecule has 88 valence electrons. The lowest BCUT2D eigenvalue weighted by Gasteiger charge is -2.23. The van der Waals surface area contributed by atoms with Crippen LogP contribution in [-0.4, -0.2) is 4.92 Å². The molecule has 0 aliphatic rings. The number of rotatable bonds is 1. The highest BCUT2D eigenvalue weighted by molar-refractivity contribution is 5.67. The number of nitro benzene ring substituents is 1. The Balaban J connectivity index is 3.72. The monoisotopic (exact) mass is 222 g/mol. The predicted octanol–water partition coefficient (Wildman–Crippen LogP) is 3.09. The SMILES string of the molecule is Cc1cc(C)c([N+](=O)[O-])c(C(C)(C)C)c1N. The predicted molar refractivity (Wildman–Crippen MR) is 65.7 cm³/mol. The van der Waals surface area contributed by atoms with Gasteiger partial charge in [0, 0.05) is 11.3 Å². The molecule has 4 heteroatoms. The number of nitrogen functional groups attached to an aromatic ring is 1. The standard InChI is InChI=1S/C12H18N2O2/c1-7-6-8(2)11(14(15)16)9(10(7)13)12(3,4)5/h6H,13H2,1-5H3. The Morgan fingerprint density at radius 3 is 2.12 bits per heavy atom. The lowest BCUT2D eigenvalue weighted by atomic mass is 9.82. The average Bonchev–Trinajstić information content (AvgIpc) is 2.07. The molecule has 1 aromatic carbocycles. The summed E-state index contributed by atoms with van der Waals surface area (Å²) in [5.41, 5.74) is 8.52. The van der Waals surface area contributed by atoms with Crippen molar-refractivity contribution in [3.8, 4) is 0 Å². The summed E-state index contributed by atoms with van der Waals surface area (Å²) in [7, 11) is 0. The van der Waals surface area contributed by atoms with Gasteiger partial charge in [-0.2, -0.15) is 0 Å². The third kappa shape index (κ3) is 2.01. The van der Waals surface area contributed by atoms with E-state index in [0.29, 0.717) is 16.8 Å². The molecule has 0 saturated carbocycles. The molecule has 0 spiro atoms. The highest BCUT2D eigenvalue weighted by atomic mass is 16.6. The van der Waals surface area contributed by atoms with Crippen LogP contribution in [0.15, 0.2) is 6.07 Å². The Bertz CT molecular complexity index is 445. The normalized spacial score (nSPS) is 11.6. The van der Waals surface area contributed by atoms with Crippen LogP contribution < -0.4 is 5.73 Å². The van der Waals surface area contributed by atoms with Gasteiger partial charge in [0.05, 0.1) is 10.5 Å². The fraction of sp³-hybridized carbons (Fsp3) is 0.500. The zero-order valence-electron chi connectivity index (χ0n) is 10.4. The Labute approximate surface area is 95.6 Å². The first kappa shape index (κ1) is 12.5. The molecule has 2 N–H and O–H groups in total. The molecule has 0 bridgehead atoms. The van der Waals surface area contributed by atoms with Crippen molar-refractivity contribution in [1.82, 2.24) is 0 Å². The number of nitrogens with zero attached hydrogens (tertiary/aromatic N) is 1. The zero-order valence-corrected chi connectivity index (χ0v) is 10.4. The van der Waals surface area contributed by atoms with Gasteiger partial charge in [0.2, 0.25) is 0 Å². The van der Waals surface area contributed by atoms with E-state index < -0.39 is 0 Å². The van der Waals surface area contributed by atoms with Crippen molar-refractivity contribution in [2.45, 2.75) is 40.0 Å². The maximum atomic E-state index is 11.1. The van der Waals surface area contributed by atoms with E-state index in [1.807, 2.05) is 27.7 Å². The molecule has 0 heterocycles.